The molecule has 2 atom stereocenters. The van der Waals surface area contributed by atoms with Crippen LogP contribution < -0.4 is 4.74 Å². The molecule has 7 heteroatoms. The van der Waals surface area contributed by atoms with Crippen molar-refractivity contribution in [1.29, 1.82) is 0 Å². The standard InChI is InChI=1S/C21H26F3NO3/c1-13-8-16-9-18(28-7-3-6-21(22,23)24)5-4-15(16)10-19(13)14(2)25-11-17(12-25)20(26)27/h4-5,9-10,13-14,17H,3,6-8,11-12H2,1-2H3,(H,26,27)/t13-,14?/m1/s1. The van der Waals surface area contributed by atoms with Gasteiger partial charge in [-0.15, -0.1) is 0 Å². The summed E-state index contributed by atoms with van der Waals surface area (Å²) in [6, 6.07) is 5.85. The number of alkyl halides is 3. The average molecular weight is 397 g/mol. The summed E-state index contributed by atoms with van der Waals surface area (Å²) in [5.74, 6) is -0.0922. The summed E-state index contributed by atoms with van der Waals surface area (Å²) < 4.78 is 42.1. The number of benzene rings is 1. The minimum absolute atomic E-state index is 0.0473. The highest BCUT2D eigenvalue weighted by atomic mass is 19.4. The highest BCUT2D eigenvalue weighted by Gasteiger charge is 2.37. The minimum atomic E-state index is -4.15. The van der Waals surface area contributed by atoms with Gasteiger partial charge in [-0.05, 0) is 54.5 Å². The van der Waals surface area contributed by atoms with Crippen LogP contribution in [0.2, 0.25) is 0 Å². The Morgan fingerprint density at radius 3 is 2.71 bits per heavy atom. The van der Waals surface area contributed by atoms with E-state index in [0.29, 0.717) is 24.8 Å². The average Bonchev–Trinajstić information content (AvgIpc) is 2.55. The number of halogens is 3. The van der Waals surface area contributed by atoms with Crippen LogP contribution in [0, 0.1) is 11.8 Å². The van der Waals surface area contributed by atoms with Crippen LogP contribution in [0.3, 0.4) is 0 Å². The summed E-state index contributed by atoms with van der Waals surface area (Å²) in [6.45, 7) is 5.47. The van der Waals surface area contributed by atoms with Crippen molar-refractivity contribution in [3.05, 3.63) is 34.9 Å². The molecule has 1 saturated heterocycles. The number of carbonyl (C=O) groups is 1. The van der Waals surface area contributed by atoms with E-state index >= 15 is 0 Å². The Balaban J connectivity index is 1.61. The van der Waals surface area contributed by atoms with Gasteiger partial charge < -0.3 is 9.84 Å². The highest BCUT2D eigenvalue weighted by molar-refractivity contribution is 5.71. The van der Waals surface area contributed by atoms with Crippen molar-refractivity contribution in [3.63, 3.8) is 0 Å². The maximum atomic E-state index is 12.2. The molecule has 1 aliphatic carbocycles. The predicted molar refractivity (Wildman–Crippen MR) is 100 cm³/mol. The molecule has 1 N–H and O–H groups in total. The number of fused-ring (bicyclic) bond motifs is 1. The van der Waals surface area contributed by atoms with E-state index in [2.05, 4.69) is 24.8 Å². The van der Waals surface area contributed by atoms with E-state index in [-0.39, 0.29) is 25.0 Å². The monoisotopic (exact) mass is 397 g/mol. The molecule has 0 amide bonds. The smallest absolute Gasteiger partial charge is 0.389 e. The molecule has 28 heavy (non-hydrogen) atoms. The third-order valence-electron chi connectivity index (χ3n) is 5.69. The van der Waals surface area contributed by atoms with Crippen molar-refractivity contribution in [1.82, 2.24) is 4.90 Å². The van der Waals surface area contributed by atoms with Crippen LogP contribution in [0.15, 0.2) is 23.8 Å². The maximum absolute atomic E-state index is 12.2. The van der Waals surface area contributed by atoms with Gasteiger partial charge in [-0.25, -0.2) is 0 Å². The Morgan fingerprint density at radius 1 is 1.36 bits per heavy atom. The first kappa shape index (κ1) is 20.7. The first-order chi connectivity index (χ1) is 13.1. The summed E-state index contributed by atoms with van der Waals surface area (Å²) in [6.07, 6.45) is -2.03. The van der Waals surface area contributed by atoms with Gasteiger partial charge >= 0.3 is 12.1 Å². The molecule has 1 aliphatic heterocycles. The van der Waals surface area contributed by atoms with Gasteiger partial charge in [0, 0.05) is 25.6 Å². The Kier molecular flexibility index (Phi) is 6.03. The van der Waals surface area contributed by atoms with Crippen LogP contribution in [0.4, 0.5) is 13.2 Å². The third kappa shape index (κ3) is 4.87. The van der Waals surface area contributed by atoms with Crippen molar-refractivity contribution in [3.8, 4) is 5.75 Å². The molecule has 0 aromatic heterocycles. The number of rotatable bonds is 7. The van der Waals surface area contributed by atoms with Gasteiger partial charge in [-0.1, -0.05) is 19.1 Å². The van der Waals surface area contributed by atoms with Crippen LogP contribution in [-0.2, 0) is 11.2 Å². The lowest BCUT2D eigenvalue weighted by Gasteiger charge is -2.43. The fourth-order valence-electron chi connectivity index (χ4n) is 3.95. The lowest BCUT2D eigenvalue weighted by molar-refractivity contribution is -0.148. The van der Waals surface area contributed by atoms with E-state index in [4.69, 9.17) is 9.84 Å². The van der Waals surface area contributed by atoms with Gasteiger partial charge in [0.05, 0.1) is 12.5 Å². The second-order valence-corrected chi connectivity index (χ2v) is 7.84. The number of carboxylic acid groups (broad SMARTS) is 1. The Hall–Kier alpha value is -2.02. The van der Waals surface area contributed by atoms with E-state index in [9.17, 15) is 18.0 Å². The molecule has 1 fully saturated rings. The molecule has 1 heterocycles. The van der Waals surface area contributed by atoms with Crippen molar-refractivity contribution in [2.24, 2.45) is 11.8 Å². The van der Waals surface area contributed by atoms with Crippen molar-refractivity contribution in [2.45, 2.75) is 45.3 Å². The summed E-state index contributed by atoms with van der Waals surface area (Å²) in [5.41, 5.74) is 3.51. The number of hydrogen-bond donors (Lipinski definition) is 1. The summed E-state index contributed by atoms with van der Waals surface area (Å²) in [5, 5.41) is 9.06. The number of ether oxygens (including phenoxy) is 1. The van der Waals surface area contributed by atoms with Gasteiger partial charge in [0.15, 0.2) is 0 Å². The molecular weight excluding hydrogens is 371 g/mol. The first-order valence-corrected chi connectivity index (χ1v) is 9.65. The zero-order valence-electron chi connectivity index (χ0n) is 16.1. The van der Waals surface area contributed by atoms with E-state index in [1.165, 1.54) is 5.57 Å². The molecule has 4 nitrogen and oxygen atoms in total. The quantitative estimate of drug-likeness (QED) is 0.694. The second-order valence-electron chi connectivity index (χ2n) is 7.84. The van der Waals surface area contributed by atoms with E-state index in [0.717, 1.165) is 17.5 Å². The molecule has 1 unspecified atom stereocenters. The lowest BCUT2D eigenvalue weighted by Crippen LogP contribution is -2.55. The highest BCUT2D eigenvalue weighted by Crippen LogP contribution is 2.35. The van der Waals surface area contributed by atoms with Gasteiger partial charge in [-0.2, -0.15) is 13.2 Å². The topological polar surface area (TPSA) is 49.8 Å². The van der Waals surface area contributed by atoms with Crippen molar-refractivity contribution < 1.29 is 27.8 Å². The van der Waals surface area contributed by atoms with Crippen LogP contribution >= 0.6 is 0 Å². The molecule has 0 bridgehead atoms. The fraction of sp³-hybridized carbons (Fsp3) is 0.571. The molecular formula is C21H26F3NO3. The molecule has 1 aromatic carbocycles. The summed E-state index contributed by atoms with van der Waals surface area (Å²) in [4.78, 5) is 13.2. The van der Waals surface area contributed by atoms with Gasteiger partial charge in [0.1, 0.15) is 5.75 Å². The summed E-state index contributed by atoms with van der Waals surface area (Å²) >= 11 is 0. The Bertz CT molecular complexity index is 754. The minimum Gasteiger partial charge on any atom is -0.494 e. The SMILES string of the molecule is CC(C1=Cc2ccc(OCCCC(F)(F)F)cc2C[C@H]1C)N1CC(C(=O)O)C1. The predicted octanol–water partition coefficient (Wildman–Crippen LogP) is 4.39. The van der Waals surface area contributed by atoms with Crippen molar-refractivity contribution in [2.75, 3.05) is 19.7 Å². The fourth-order valence-corrected chi connectivity index (χ4v) is 3.95. The number of nitrogens with zero attached hydrogens (tertiary/aromatic N) is 1. The maximum Gasteiger partial charge on any atom is 0.389 e. The number of aliphatic carboxylic acids is 1. The summed E-state index contributed by atoms with van der Waals surface area (Å²) in [7, 11) is 0. The molecule has 0 saturated carbocycles. The van der Waals surface area contributed by atoms with E-state index < -0.39 is 18.6 Å². The van der Waals surface area contributed by atoms with Crippen LogP contribution in [0.5, 0.6) is 5.75 Å². The Morgan fingerprint density at radius 2 is 2.07 bits per heavy atom. The van der Waals surface area contributed by atoms with E-state index in [1.54, 1.807) is 6.07 Å². The molecule has 2 aliphatic rings. The van der Waals surface area contributed by atoms with Crippen LogP contribution in [0.25, 0.3) is 6.08 Å². The number of likely N-dealkylation sites (tertiary alicyclic amines) is 1. The van der Waals surface area contributed by atoms with Gasteiger partial charge in [0.2, 0.25) is 0 Å². The lowest BCUT2D eigenvalue weighted by atomic mass is 9.80. The molecule has 154 valence electrons. The molecule has 0 spiro atoms. The Labute approximate surface area is 163 Å². The molecule has 3 rings (SSSR count). The van der Waals surface area contributed by atoms with Crippen molar-refractivity contribution >= 4 is 12.0 Å². The van der Waals surface area contributed by atoms with E-state index in [1.807, 2.05) is 12.1 Å². The third-order valence-corrected chi connectivity index (χ3v) is 5.69. The zero-order chi connectivity index (χ0) is 20.5. The number of hydrogen-bond acceptors (Lipinski definition) is 3. The largest absolute Gasteiger partial charge is 0.494 e. The first-order valence-electron chi connectivity index (χ1n) is 9.65. The van der Waals surface area contributed by atoms with Gasteiger partial charge in [-0.3, -0.25) is 9.69 Å². The second kappa shape index (κ2) is 8.15. The molecule has 1 aromatic rings. The van der Waals surface area contributed by atoms with Gasteiger partial charge in [0.25, 0.3) is 0 Å². The number of carboxylic acids is 1. The molecule has 0 radical (unpaired) electrons. The van der Waals surface area contributed by atoms with Crippen LogP contribution in [0.1, 0.15) is 37.8 Å². The van der Waals surface area contributed by atoms with Crippen LogP contribution in [-0.4, -0.2) is 47.9 Å². The normalized spacial score (nSPS) is 21.5. The zero-order valence-corrected chi connectivity index (χ0v) is 16.1.